The number of nitrogens with two attached hydrogens (primary N) is 1. The summed E-state index contributed by atoms with van der Waals surface area (Å²) in [5.74, 6) is 0.538. The van der Waals surface area contributed by atoms with Crippen LogP contribution in [0, 0.1) is 5.82 Å². The van der Waals surface area contributed by atoms with E-state index in [2.05, 4.69) is 20.9 Å². The van der Waals surface area contributed by atoms with Crippen molar-refractivity contribution in [3.05, 3.63) is 59.0 Å². The summed E-state index contributed by atoms with van der Waals surface area (Å²) in [5.41, 5.74) is 6.74. The molecule has 0 unspecified atom stereocenters. The van der Waals surface area contributed by atoms with Crippen LogP contribution >= 0.6 is 15.9 Å². The van der Waals surface area contributed by atoms with Crippen molar-refractivity contribution in [1.82, 2.24) is 4.98 Å². The monoisotopic (exact) mass is 332 g/mol. The molecule has 5 heteroatoms. The van der Waals surface area contributed by atoms with Crippen LogP contribution in [-0.2, 0) is 0 Å². The number of rotatable bonds is 2. The van der Waals surface area contributed by atoms with E-state index in [1.54, 1.807) is 12.3 Å². The third-order valence-corrected chi connectivity index (χ3v) is 3.48. The fourth-order valence-corrected chi connectivity index (χ4v) is 2.23. The average Bonchev–Trinajstić information content (AvgIpc) is 2.45. The van der Waals surface area contributed by atoms with E-state index in [1.807, 2.05) is 24.3 Å². The van der Waals surface area contributed by atoms with Gasteiger partial charge in [0.2, 0.25) is 0 Å². The van der Waals surface area contributed by atoms with Gasteiger partial charge in [-0.1, -0.05) is 18.2 Å². The summed E-state index contributed by atoms with van der Waals surface area (Å²) in [6, 6.07) is 12.1. The van der Waals surface area contributed by atoms with E-state index in [9.17, 15) is 4.39 Å². The highest BCUT2D eigenvalue weighted by atomic mass is 79.9. The average molecular weight is 333 g/mol. The van der Waals surface area contributed by atoms with Gasteiger partial charge in [-0.15, -0.1) is 0 Å². The van der Waals surface area contributed by atoms with Crippen LogP contribution in [0.4, 0.5) is 10.1 Å². The van der Waals surface area contributed by atoms with E-state index in [1.165, 1.54) is 12.1 Å². The molecule has 3 aromatic rings. The van der Waals surface area contributed by atoms with Gasteiger partial charge in [0.25, 0.3) is 0 Å². The zero-order chi connectivity index (χ0) is 14.1. The van der Waals surface area contributed by atoms with E-state index in [0.717, 1.165) is 10.9 Å². The summed E-state index contributed by atoms with van der Waals surface area (Å²) >= 11 is 3.12. The number of anilines is 1. The van der Waals surface area contributed by atoms with Crippen molar-refractivity contribution in [2.24, 2.45) is 0 Å². The maximum atomic E-state index is 13.4. The zero-order valence-corrected chi connectivity index (χ0v) is 11.9. The molecule has 1 aromatic heterocycles. The van der Waals surface area contributed by atoms with Gasteiger partial charge in [0.15, 0.2) is 11.5 Å². The molecule has 2 aromatic carbocycles. The topological polar surface area (TPSA) is 48.1 Å². The first-order chi connectivity index (χ1) is 9.65. The van der Waals surface area contributed by atoms with Crippen molar-refractivity contribution in [2.45, 2.75) is 0 Å². The third-order valence-electron chi connectivity index (χ3n) is 2.87. The maximum absolute atomic E-state index is 13.4. The van der Waals surface area contributed by atoms with Crippen LogP contribution in [0.25, 0.3) is 10.9 Å². The van der Waals surface area contributed by atoms with Crippen molar-refractivity contribution < 1.29 is 9.13 Å². The highest BCUT2D eigenvalue weighted by molar-refractivity contribution is 9.10. The Hall–Kier alpha value is -2.14. The molecule has 0 aliphatic carbocycles. The zero-order valence-electron chi connectivity index (χ0n) is 10.3. The highest BCUT2D eigenvalue weighted by Gasteiger charge is 2.10. The molecule has 0 aliphatic heterocycles. The molecule has 3 rings (SSSR count). The summed E-state index contributed by atoms with van der Waals surface area (Å²) in [5, 5.41) is 0.963. The second-order valence-electron chi connectivity index (χ2n) is 4.24. The van der Waals surface area contributed by atoms with Crippen LogP contribution in [0.1, 0.15) is 0 Å². The lowest BCUT2D eigenvalue weighted by atomic mass is 10.2. The first-order valence-electron chi connectivity index (χ1n) is 5.91. The van der Waals surface area contributed by atoms with Gasteiger partial charge >= 0.3 is 0 Å². The van der Waals surface area contributed by atoms with Gasteiger partial charge in [0.1, 0.15) is 11.3 Å². The molecule has 0 radical (unpaired) electrons. The second-order valence-corrected chi connectivity index (χ2v) is 5.09. The van der Waals surface area contributed by atoms with Gasteiger partial charge in [-0.25, -0.2) is 4.39 Å². The largest absolute Gasteiger partial charge is 0.453 e. The van der Waals surface area contributed by atoms with Crippen molar-refractivity contribution >= 4 is 32.5 Å². The quantitative estimate of drug-likeness (QED) is 0.702. The molecule has 0 fully saturated rings. The Labute approximate surface area is 123 Å². The van der Waals surface area contributed by atoms with Gasteiger partial charge in [-0.05, 0) is 28.1 Å². The fraction of sp³-hybridized carbons (Fsp3) is 0. The van der Waals surface area contributed by atoms with E-state index in [0.29, 0.717) is 16.0 Å². The molecule has 0 saturated heterocycles. The lowest BCUT2D eigenvalue weighted by Gasteiger charge is -2.11. The number of aromatic nitrogens is 1. The first-order valence-corrected chi connectivity index (χ1v) is 6.70. The highest BCUT2D eigenvalue weighted by Crippen LogP contribution is 2.34. The minimum Gasteiger partial charge on any atom is -0.453 e. The van der Waals surface area contributed by atoms with Crippen LogP contribution in [0.5, 0.6) is 11.5 Å². The molecule has 0 bridgehead atoms. The van der Waals surface area contributed by atoms with Crippen LogP contribution in [0.2, 0.25) is 0 Å². The number of hydrogen-bond acceptors (Lipinski definition) is 3. The number of nitrogen functional groups attached to an aromatic ring is 1. The Morgan fingerprint density at radius 2 is 1.90 bits per heavy atom. The Kier molecular flexibility index (Phi) is 3.28. The van der Waals surface area contributed by atoms with Crippen molar-refractivity contribution in [1.29, 1.82) is 0 Å². The number of benzene rings is 2. The fourth-order valence-electron chi connectivity index (χ4n) is 1.91. The number of pyridine rings is 1. The molecule has 0 atom stereocenters. The number of halogens is 2. The summed E-state index contributed by atoms with van der Waals surface area (Å²) < 4.78 is 19.4. The molecule has 0 saturated carbocycles. The van der Waals surface area contributed by atoms with Gasteiger partial charge in [-0.3, -0.25) is 4.98 Å². The molecule has 1 heterocycles. The van der Waals surface area contributed by atoms with Gasteiger partial charge in [0.05, 0.1) is 10.2 Å². The van der Waals surface area contributed by atoms with Crippen molar-refractivity contribution in [2.75, 3.05) is 5.73 Å². The second kappa shape index (κ2) is 5.09. The molecule has 100 valence electrons. The first kappa shape index (κ1) is 12.9. The molecular formula is C15H10BrFN2O. The van der Waals surface area contributed by atoms with Crippen LogP contribution in [0.3, 0.4) is 0 Å². The molecule has 0 spiro atoms. The number of nitrogens with zero attached hydrogens (tertiary/aromatic N) is 1. The molecule has 0 aliphatic rings. The SMILES string of the molecule is Nc1cc(F)c(Br)cc1Oc1cccc2cccnc12. The minimum absolute atomic E-state index is 0.235. The third kappa shape index (κ3) is 2.32. The summed E-state index contributed by atoms with van der Waals surface area (Å²) in [6.45, 7) is 0. The smallest absolute Gasteiger partial charge is 0.153 e. The predicted molar refractivity (Wildman–Crippen MR) is 80.3 cm³/mol. The van der Waals surface area contributed by atoms with Crippen LogP contribution in [-0.4, -0.2) is 4.98 Å². The standard InChI is InChI=1S/C15H10BrFN2O/c16-10-7-14(12(18)8-11(10)17)20-13-5-1-3-9-4-2-6-19-15(9)13/h1-8H,18H2. The van der Waals surface area contributed by atoms with E-state index < -0.39 is 5.82 Å². The number of hydrogen-bond donors (Lipinski definition) is 1. The Bertz CT molecular complexity index is 787. The summed E-state index contributed by atoms with van der Waals surface area (Å²) in [4.78, 5) is 4.30. The van der Waals surface area contributed by atoms with Gasteiger partial charge in [-0.2, -0.15) is 0 Å². The predicted octanol–water partition coefficient (Wildman–Crippen LogP) is 4.51. The molecule has 20 heavy (non-hydrogen) atoms. The lowest BCUT2D eigenvalue weighted by Crippen LogP contribution is -1.95. The normalized spacial score (nSPS) is 10.7. The molecular weight excluding hydrogens is 323 g/mol. The van der Waals surface area contributed by atoms with Gasteiger partial charge < -0.3 is 10.5 Å². The number of para-hydroxylation sites is 1. The Morgan fingerprint density at radius 3 is 2.75 bits per heavy atom. The summed E-state index contributed by atoms with van der Waals surface area (Å²) in [7, 11) is 0. The van der Waals surface area contributed by atoms with Gasteiger partial charge in [0, 0.05) is 23.7 Å². The number of fused-ring (bicyclic) bond motifs is 1. The van der Waals surface area contributed by atoms with Crippen LogP contribution in [0.15, 0.2) is 53.1 Å². The number of ether oxygens (including phenoxy) is 1. The molecule has 2 N–H and O–H groups in total. The Balaban J connectivity index is 2.08. The van der Waals surface area contributed by atoms with E-state index in [-0.39, 0.29) is 5.69 Å². The minimum atomic E-state index is -0.425. The van der Waals surface area contributed by atoms with E-state index in [4.69, 9.17) is 10.5 Å². The molecule has 3 nitrogen and oxygen atoms in total. The molecule has 0 amide bonds. The Morgan fingerprint density at radius 1 is 1.10 bits per heavy atom. The van der Waals surface area contributed by atoms with Crippen molar-refractivity contribution in [3.8, 4) is 11.5 Å². The lowest BCUT2D eigenvalue weighted by molar-refractivity contribution is 0.487. The van der Waals surface area contributed by atoms with Crippen molar-refractivity contribution in [3.63, 3.8) is 0 Å². The maximum Gasteiger partial charge on any atom is 0.153 e. The van der Waals surface area contributed by atoms with Crippen LogP contribution < -0.4 is 10.5 Å². The van der Waals surface area contributed by atoms with E-state index >= 15 is 0 Å². The summed E-state index contributed by atoms with van der Waals surface area (Å²) in [6.07, 6.45) is 1.69.